The normalized spacial score (nSPS) is 24.1. The van der Waals surface area contributed by atoms with Gasteiger partial charge < -0.3 is 19.5 Å². The molecule has 30 heavy (non-hydrogen) atoms. The van der Waals surface area contributed by atoms with Crippen LogP contribution >= 0.6 is 9.39 Å². The summed E-state index contributed by atoms with van der Waals surface area (Å²) in [5.74, 6) is -1.21. The molecule has 7 heteroatoms. The lowest BCUT2D eigenvalue weighted by Gasteiger charge is -2.43. The average molecular weight is 432 g/mol. The van der Waals surface area contributed by atoms with Gasteiger partial charge in [0.1, 0.15) is 18.8 Å². The van der Waals surface area contributed by atoms with Gasteiger partial charge in [-0.3, -0.25) is 9.79 Å². The second kappa shape index (κ2) is 12.0. The van der Waals surface area contributed by atoms with Crippen molar-refractivity contribution in [1.82, 2.24) is 9.99 Å². The monoisotopic (exact) mass is 431 g/mol. The Hall–Kier alpha value is -2.04. The van der Waals surface area contributed by atoms with Gasteiger partial charge in [-0.05, 0) is 66.6 Å². The predicted octanol–water partition coefficient (Wildman–Crippen LogP) is 3.24. The molecule has 1 N–H and O–H groups in total. The SMILES string of the molecule is CC(C)/N=C\C(=C/NP)[C@H]1CC(C(C=O)C(=O)OCc2ccccc2)C(C)N(C)C1. The van der Waals surface area contributed by atoms with Crippen LogP contribution in [0.5, 0.6) is 0 Å². The van der Waals surface area contributed by atoms with Crippen LogP contribution in [0.15, 0.2) is 47.1 Å². The highest BCUT2D eigenvalue weighted by Crippen LogP contribution is 2.35. The van der Waals surface area contributed by atoms with Crippen molar-refractivity contribution in [2.75, 3.05) is 13.6 Å². The fourth-order valence-corrected chi connectivity index (χ4v) is 4.07. The third-order valence-electron chi connectivity index (χ3n) is 5.73. The maximum Gasteiger partial charge on any atom is 0.316 e. The summed E-state index contributed by atoms with van der Waals surface area (Å²) in [6, 6.07) is 9.80. The van der Waals surface area contributed by atoms with Crippen LogP contribution < -0.4 is 5.09 Å². The molecule has 1 heterocycles. The number of rotatable bonds is 9. The fourth-order valence-electron chi connectivity index (χ4n) is 3.88. The summed E-state index contributed by atoms with van der Waals surface area (Å²) in [4.78, 5) is 31.5. The first-order chi connectivity index (χ1) is 14.4. The summed E-state index contributed by atoms with van der Waals surface area (Å²) in [5, 5.41) is 3.02. The standard InChI is InChI=1S/C23H34N3O3P/c1-16(2)24-11-20(12-25-30)19-10-21(17(3)26(4)13-19)22(14-27)23(28)29-15-18-8-6-5-7-9-18/h5-9,11-12,14,16-17,19,21-22,25H,10,13,15,30H2,1-4H3/b20-12+,24-11-/t17?,19-,21?,22?/m0/s1. The Kier molecular flexibility index (Phi) is 9.67. The minimum atomic E-state index is -0.791. The van der Waals surface area contributed by atoms with E-state index >= 15 is 0 Å². The Labute approximate surface area is 182 Å². The van der Waals surface area contributed by atoms with Crippen molar-refractivity contribution < 1.29 is 14.3 Å². The quantitative estimate of drug-likeness (QED) is 0.214. The molecule has 0 spiro atoms. The molecular formula is C23H34N3O3P. The first-order valence-corrected chi connectivity index (χ1v) is 11.0. The summed E-state index contributed by atoms with van der Waals surface area (Å²) in [5.41, 5.74) is 1.97. The maximum atomic E-state index is 12.8. The van der Waals surface area contributed by atoms with Crippen molar-refractivity contribution in [2.45, 2.75) is 45.9 Å². The van der Waals surface area contributed by atoms with Crippen molar-refractivity contribution in [3.63, 3.8) is 0 Å². The molecule has 1 aliphatic heterocycles. The van der Waals surface area contributed by atoms with E-state index in [2.05, 4.69) is 31.3 Å². The lowest BCUT2D eigenvalue weighted by molar-refractivity contribution is -0.155. The molecule has 6 nitrogen and oxygen atoms in total. The van der Waals surface area contributed by atoms with E-state index in [4.69, 9.17) is 4.74 Å². The number of esters is 1. The van der Waals surface area contributed by atoms with Gasteiger partial charge in [0.15, 0.2) is 0 Å². The molecule has 1 aromatic rings. The Morgan fingerprint density at radius 3 is 2.67 bits per heavy atom. The predicted molar refractivity (Wildman–Crippen MR) is 124 cm³/mol. The Morgan fingerprint density at radius 2 is 2.07 bits per heavy atom. The topological polar surface area (TPSA) is 71.0 Å². The number of hydrogen-bond acceptors (Lipinski definition) is 6. The summed E-state index contributed by atoms with van der Waals surface area (Å²) < 4.78 is 5.49. The summed E-state index contributed by atoms with van der Waals surface area (Å²) in [6.07, 6.45) is 5.30. The zero-order valence-corrected chi connectivity index (χ0v) is 19.5. The Morgan fingerprint density at radius 1 is 1.37 bits per heavy atom. The van der Waals surface area contributed by atoms with Crippen LogP contribution in [-0.2, 0) is 20.9 Å². The molecule has 1 saturated heterocycles. The van der Waals surface area contributed by atoms with E-state index in [0.29, 0.717) is 0 Å². The van der Waals surface area contributed by atoms with Gasteiger partial charge in [-0.1, -0.05) is 30.3 Å². The summed E-state index contributed by atoms with van der Waals surface area (Å²) in [7, 11) is 4.51. The van der Waals surface area contributed by atoms with Crippen molar-refractivity contribution >= 4 is 27.9 Å². The zero-order valence-electron chi connectivity index (χ0n) is 18.3. The van der Waals surface area contributed by atoms with Gasteiger partial charge in [-0.15, -0.1) is 0 Å². The first-order valence-electron chi connectivity index (χ1n) is 10.4. The zero-order chi connectivity index (χ0) is 22.1. The van der Waals surface area contributed by atoms with Gasteiger partial charge in [0.05, 0.1) is 0 Å². The third-order valence-corrected chi connectivity index (χ3v) is 5.89. The van der Waals surface area contributed by atoms with E-state index in [1.54, 1.807) is 0 Å². The average Bonchev–Trinajstić information content (AvgIpc) is 2.73. The van der Waals surface area contributed by atoms with Gasteiger partial charge in [0, 0.05) is 31.0 Å². The lowest BCUT2D eigenvalue weighted by atomic mass is 9.74. The third kappa shape index (κ3) is 6.75. The molecule has 0 aliphatic carbocycles. The van der Waals surface area contributed by atoms with E-state index < -0.39 is 11.9 Å². The maximum absolute atomic E-state index is 12.8. The van der Waals surface area contributed by atoms with Gasteiger partial charge in [-0.2, -0.15) is 0 Å². The molecule has 0 aromatic heterocycles. The van der Waals surface area contributed by atoms with Gasteiger partial charge in [-0.25, -0.2) is 0 Å². The van der Waals surface area contributed by atoms with E-state index in [1.165, 1.54) is 0 Å². The minimum absolute atomic E-state index is 0.0907. The second-order valence-electron chi connectivity index (χ2n) is 8.21. The van der Waals surface area contributed by atoms with Gasteiger partial charge in [0.2, 0.25) is 0 Å². The van der Waals surface area contributed by atoms with Crippen LogP contribution in [0.3, 0.4) is 0 Å². The number of hydrogen-bond donors (Lipinski definition) is 1. The molecule has 1 aliphatic rings. The smallest absolute Gasteiger partial charge is 0.316 e. The molecule has 5 atom stereocenters. The van der Waals surface area contributed by atoms with Crippen LogP contribution in [0, 0.1) is 17.8 Å². The van der Waals surface area contributed by atoms with Gasteiger partial charge >= 0.3 is 5.97 Å². The van der Waals surface area contributed by atoms with Crippen molar-refractivity contribution in [3.8, 4) is 0 Å². The number of nitrogens with zero attached hydrogens (tertiary/aromatic N) is 2. The van der Waals surface area contributed by atoms with Crippen molar-refractivity contribution in [1.29, 1.82) is 0 Å². The highest BCUT2D eigenvalue weighted by atomic mass is 31.0. The van der Waals surface area contributed by atoms with Crippen molar-refractivity contribution in [3.05, 3.63) is 47.7 Å². The molecule has 1 aromatic carbocycles. The molecule has 4 unspecified atom stereocenters. The Bertz CT molecular complexity index is 751. The fraction of sp³-hybridized carbons (Fsp3) is 0.522. The number of likely N-dealkylation sites (tertiary alicyclic amines) is 1. The van der Waals surface area contributed by atoms with Gasteiger partial charge in [0.25, 0.3) is 0 Å². The number of carbonyl (C=O) groups is 2. The Balaban J connectivity index is 2.16. The summed E-state index contributed by atoms with van der Waals surface area (Å²) >= 11 is 0. The van der Waals surface area contributed by atoms with Crippen LogP contribution in [0.2, 0.25) is 0 Å². The van der Waals surface area contributed by atoms with E-state index in [9.17, 15) is 9.59 Å². The second-order valence-corrected chi connectivity index (χ2v) is 8.55. The minimum Gasteiger partial charge on any atom is -0.460 e. The molecule has 0 amide bonds. The molecule has 1 fully saturated rings. The van der Waals surface area contributed by atoms with Crippen molar-refractivity contribution in [2.24, 2.45) is 22.7 Å². The number of benzene rings is 1. The van der Waals surface area contributed by atoms with Crippen LogP contribution in [0.1, 0.15) is 32.8 Å². The molecular weight excluding hydrogens is 397 g/mol. The molecule has 0 saturated carbocycles. The lowest BCUT2D eigenvalue weighted by Crippen LogP contribution is -2.50. The van der Waals surface area contributed by atoms with E-state index in [-0.39, 0.29) is 30.5 Å². The van der Waals surface area contributed by atoms with E-state index in [1.807, 2.05) is 63.6 Å². The number of aliphatic imine (C=N–C) groups is 1. The molecule has 0 bridgehead atoms. The number of nitrogens with one attached hydrogen (secondary N) is 1. The molecule has 2 rings (SSSR count). The highest BCUT2D eigenvalue weighted by molar-refractivity contribution is 7.13. The molecule has 0 radical (unpaired) electrons. The number of piperidine rings is 1. The van der Waals surface area contributed by atoms with E-state index in [0.717, 1.165) is 30.4 Å². The number of aldehydes is 1. The largest absolute Gasteiger partial charge is 0.460 e. The van der Waals surface area contributed by atoms with Crippen LogP contribution in [0.25, 0.3) is 0 Å². The number of carbonyl (C=O) groups excluding carboxylic acids is 2. The number of ether oxygens (including phenoxy) is 1. The van der Waals surface area contributed by atoms with Crippen LogP contribution in [-0.4, -0.2) is 49.0 Å². The summed E-state index contributed by atoms with van der Waals surface area (Å²) in [6.45, 7) is 7.15. The van der Waals surface area contributed by atoms with Crippen LogP contribution in [0.4, 0.5) is 0 Å². The highest BCUT2D eigenvalue weighted by Gasteiger charge is 2.40. The first kappa shape index (κ1) is 24.2. The molecule has 164 valence electrons.